The fraction of sp³-hybridized carbons (Fsp3) is 0.263. The Balaban J connectivity index is 0.00000102. The quantitative estimate of drug-likeness (QED) is 0.764. The fourth-order valence-corrected chi connectivity index (χ4v) is 2.72. The summed E-state index contributed by atoms with van der Waals surface area (Å²) < 4.78 is 23.8. The van der Waals surface area contributed by atoms with E-state index in [0.29, 0.717) is 0 Å². The van der Waals surface area contributed by atoms with Gasteiger partial charge in [0, 0.05) is 5.41 Å². The number of sulfone groups is 1. The van der Waals surface area contributed by atoms with Crippen LogP contribution >= 0.6 is 0 Å². The van der Waals surface area contributed by atoms with Crippen LogP contribution in [0, 0.1) is 0 Å². The van der Waals surface area contributed by atoms with E-state index < -0.39 is 9.84 Å². The van der Waals surface area contributed by atoms with Crippen molar-refractivity contribution in [3.8, 4) is 0 Å². The van der Waals surface area contributed by atoms with Crippen LogP contribution in [0.1, 0.15) is 38.8 Å². The molecule has 0 heterocycles. The van der Waals surface area contributed by atoms with Crippen molar-refractivity contribution >= 4 is 15.9 Å². The summed E-state index contributed by atoms with van der Waals surface area (Å²) in [5.41, 5.74) is 1.68. The first-order valence-corrected chi connectivity index (χ1v) is 9.37. The second-order valence-corrected chi connectivity index (χ2v) is 5.89. The molecule has 0 spiro atoms. The van der Waals surface area contributed by atoms with Gasteiger partial charge in [0.2, 0.25) is 0 Å². The molecule has 0 amide bonds. The Morgan fingerprint density at radius 1 is 0.773 bits per heavy atom. The van der Waals surface area contributed by atoms with Crippen LogP contribution in [0.3, 0.4) is 0 Å². The molecule has 0 aromatic heterocycles. The van der Waals surface area contributed by atoms with E-state index in [4.69, 9.17) is 0 Å². The molecule has 2 aromatic rings. The Hall–Kier alpha value is -1.87. The van der Waals surface area contributed by atoms with Gasteiger partial charge in [-0.2, -0.15) is 0 Å². The van der Waals surface area contributed by atoms with Gasteiger partial charge in [-0.3, -0.25) is 0 Å². The van der Waals surface area contributed by atoms with Gasteiger partial charge < -0.3 is 0 Å². The number of benzene rings is 2. The molecular formula is C19H26O2S. The number of hydrogen-bond donors (Lipinski definition) is 0. The van der Waals surface area contributed by atoms with Gasteiger partial charge in [0.25, 0.3) is 0 Å². The molecule has 0 aliphatic carbocycles. The minimum atomic E-state index is -3.21. The normalized spacial score (nSPS) is 10.2. The van der Waals surface area contributed by atoms with E-state index in [0.717, 1.165) is 11.1 Å². The minimum absolute atomic E-state index is 0.0389. The Labute approximate surface area is 135 Å². The summed E-state index contributed by atoms with van der Waals surface area (Å²) in [6.45, 7) is 8.00. The van der Waals surface area contributed by atoms with Gasteiger partial charge in [0.1, 0.15) is 0 Å². The predicted molar refractivity (Wildman–Crippen MR) is 97.2 cm³/mol. The minimum Gasteiger partial charge on any atom is -0.224 e. The molecular weight excluding hydrogens is 292 g/mol. The summed E-state index contributed by atoms with van der Waals surface area (Å²) in [6, 6.07) is 18.6. The van der Waals surface area contributed by atoms with E-state index in [1.54, 1.807) is 6.08 Å². The Bertz CT molecular complexity index is 615. The van der Waals surface area contributed by atoms with Gasteiger partial charge in [-0.15, -0.1) is 0 Å². The van der Waals surface area contributed by atoms with Crippen molar-refractivity contribution in [2.24, 2.45) is 0 Å². The second-order valence-electron chi connectivity index (χ2n) is 4.01. The maximum absolute atomic E-state index is 11.9. The third-order valence-corrected chi connectivity index (χ3v) is 3.76. The van der Waals surface area contributed by atoms with Gasteiger partial charge in [-0.05, 0) is 17.2 Å². The zero-order chi connectivity index (χ0) is 16.8. The van der Waals surface area contributed by atoms with E-state index in [2.05, 4.69) is 0 Å². The molecule has 3 heteroatoms. The van der Waals surface area contributed by atoms with Gasteiger partial charge in [0.15, 0.2) is 9.84 Å². The average molecular weight is 318 g/mol. The number of rotatable bonds is 4. The monoisotopic (exact) mass is 318 g/mol. The van der Waals surface area contributed by atoms with Crippen LogP contribution in [-0.4, -0.2) is 8.42 Å². The molecule has 22 heavy (non-hydrogen) atoms. The first kappa shape index (κ1) is 20.1. The highest BCUT2D eigenvalue weighted by Gasteiger charge is 2.06. The van der Waals surface area contributed by atoms with Crippen molar-refractivity contribution in [3.63, 3.8) is 0 Å². The lowest BCUT2D eigenvalue weighted by Crippen LogP contribution is -1.99. The smallest absolute Gasteiger partial charge is 0.175 e. The standard InChI is InChI=1S/C15H14O2S.2C2H6/c16-18(17,13-15-9-5-2-6-10-15)12-11-14-7-3-1-4-8-14;2*1-2/h1-12H,13H2;2*1-2H3/b12-11+;;. The molecule has 0 unspecified atom stereocenters. The molecule has 2 aromatic carbocycles. The van der Waals surface area contributed by atoms with Gasteiger partial charge in [0.05, 0.1) is 5.75 Å². The molecule has 0 atom stereocenters. The highest BCUT2D eigenvalue weighted by atomic mass is 32.2. The van der Waals surface area contributed by atoms with E-state index in [1.807, 2.05) is 88.4 Å². The van der Waals surface area contributed by atoms with Crippen molar-refractivity contribution in [2.75, 3.05) is 0 Å². The zero-order valence-corrected chi connectivity index (χ0v) is 14.7. The lowest BCUT2D eigenvalue weighted by atomic mass is 10.2. The maximum atomic E-state index is 11.9. The lowest BCUT2D eigenvalue weighted by Gasteiger charge is -1.99. The molecule has 0 N–H and O–H groups in total. The maximum Gasteiger partial charge on any atom is 0.175 e. The molecule has 0 saturated heterocycles. The first-order valence-electron chi connectivity index (χ1n) is 7.65. The van der Waals surface area contributed by atoms with Crippen molar-refractivity contribution in [3.05, 3.63) is 77.2 Å². The summed E-state index contributed by atoms with van der Waals surface area (Å²) in [7, 11) is -3.21. The average Bonchev–Trinajstić information content (AvgIpc) is 2.58. The van der Waals surface area contributed by atoms with Crippen LogP contribution in [-0.2, 0) is 15.6 Å². The van der Waals surface area contributed by atoms with Crippen molar-refractivity contribution in [2.45, 2.75) is 33.4 Å². The Morgan fingerprint density at radius 3 is 1.73 bits per heavy atom. The van der Waals surface area contributed by atoms with Crippen LogP contribution in [0.4, 0.5) is 0 Å². The molecule has 2 nitrogen and oxygen atoms in total. The number of hydrogen-bond acceptors (Lipinski definition) is 2. The molecule has 0 bridgehead atoms. The van der Waals surface area contributed by atoms with E-state index in [1.165, 1.54) is 5.41 Å². The summed E-state index contributed by atoms with van der Waals surface area (Å²) in [5.74, 6) is 0.0389. The molecule has 2 rings (SSSR count). The third-order valence-electron chi connectivity index (χ3n) is 2.48. The second kappa shape index (κ2) is 11.8. The summed E-state index contributed by atoms with van der Waals surface area (Å²) in [6.07, 6.45) is 1.62. The van der Waals surface area contributed by atoms with Crippen molar-refractivity contribution < 1.29 is 8.42 Å². The van der Waals surface area contributed by atoms with Crippen molar-refractivity contribution in [1.29, 1.82) is 0 Å². The van der Waals surface area contributed by atoms with Crippen LogP contribution in [0.5, 0.6) is 0 Å². The van der Waals surface area contributed by atoms with E-state index in [9.17, 15) is 8.42 Å². The Kier molecular flexibility index (Phi) is 10.8. The fourth-order valence-electron chi connectivity index (χ4n) is 1.60. The van der Waals surface area contributed by atoms with E-state index in [-0.39, 0.29) is 5.75 Å². The summed E-state index contributed by atoms with van der Waals surface area (Å²) in [5, 5.41) is 1.27. The molecule has 0 aliphatic rings. The van der Waals surface area contributed by atoms with Crippen LogP contribution in [0.2, 0.25) is 0 Å². The summed E-state index contributed by atoms with van der Waals surface area (Å²) in [4.78, 5) is 0. The van der Waals surface area contributed by atoms with Gasteiger partial charge in [-0.25, -0.2) is 8.42 Å². The lowest BCUT2D eigenvalue weighted by molar-refractivity contribution is 0.604. The van der Waals surface area contributed by atoms with Gasteiger partial charge in [-0.1, -0.05) is 88.4 Å². The predicted octanol–water partition coefficient (Wildman–Crippen LogP) is 5.32. The first-order chi connectivity index (χ1) is 10.7. The van der Waals surface area contributed by atoms with Crippen LogP contribution in [0.15, 0.2) is 66.1 Å². The van der Waals surface area contributed by atoms with Crippen LogP contribution < -0.4 is 0 Å². The van der Waals surface area contributed by atoms with E-state index >= 15 is 0 Å². The molecule has 0 radical (unpaired) electrons. The third kappa shape index (κ3) is 8.42. The molecule has 0 fully saturated rings. The molecule has 0 saturated carbocycles. The molecule has 120 valence electrons. The van der Waals surface area contributed by atoms with Crippen molar-refractivity contribution in [1.82, 2.24) is 0 Å². The highest BCUT2D eigenvalue weighted by molar-refractivity contribution is 7.93. The van der Waals surface area contributed by atoms with Gasteiger partial charge >= 0.3 is 0 Å². The topological polar surface area (TPSA) is 34.1 Å². The van der Waals surface area contributed by atoms with Crippen LogP contribution in [0.25, 0.3) is 6.08 Å². The SMILES string of the molecule is CC.CC.O=S(=O)(/C=C/c1ccccc1)Cc1ccccc1. The molecule has 0 aliphatic heterocycles. The largest absolute Gasteiger partial charge is 0.224 e. The Morgan fingerprint density at radius 2 is 1.23 bits per heavy atom. The zero-order valence-electron chi connectivity index (χ0n) is 13.9. The highest BCUT2D eigenvalue weighted by Crippen LogP contribution is 2.09. The summed E-state index contributed by atoms with van der Waals surface area (Å²) >= 11 is 0.